The standard InChI is InChI=1S/C13H28N2O/c1-11(2)13(16)15-10-8-6-5-7-9-14-12(3)4/h11-12,14H,5-10H2,1-4H3,(H,15,16). The number of nitrogens with one attached hydrogen (secondary N) is 2. The Kier molecular flexibility index (Phi) is 9.30. The van der Waals surface area contributed by atoms with E-state index in [0.717, 1.165) is 19.5 Å². The van der Waals surface area contributed by atoms with Gasteiger partial charge in [0.25, 0.3) is 0 Å². The Morgan fingerprint density at radius 3 is 2.00 bits per heavy atom. The van der Waals surface area contributed by atoms with Gasteiger partial charge in [0.2, 0.25) is 5.91 Å². The molecule has 0 aromatic carbocycles. The van der Waals surface area contributed by atoms with Gasteiger partial charge < -0.3 is 10.6 Å². The van der Waals surface area contributed by atoms with E-state index in [2.05, 4.69) is 24.5 Å². The van der Waals surface area contributed by atoms with Crippen molar-refractivity contribution in [1.29, 1.82) is 0 Å². The van der Waals surface area contributed by atoms with Gasteiger partial charge in [-0.1, -0.05) is 40.5 Å². The number of carbonyl (C=O) groups is 1. The van der Waals surface area contributed by atoms with E-state index in [1.54, 1.807) is 0 Å². The molecule has 0 radical (unpaired) electrons. The summed E-state index contributed by atoms with van der Waals surface area (Å²) < 4.78 is 0. The Morgan fingerprint density at radius 1 is 0.938 bits per heavy atom. The monoisotopic (exact) mass is 228 g/mol. The topological polar surface area (TPSA) is 41.1 Å². The summed E-state index contributed by atoms with van der Waals surface area (Å²) in [6, 6.07) is 0.588. The van der Waals surface area contributed by atoms with Crippen LogP contribution in [0.5, 0.6) is 0 Å². The molecule has 0 unspecified atom stereocenters. The Balaban J connectivity index is 3.13. The molecule has 0 aromatic rings. The smallest absolute Gasteiger partial charge is 0.222 e. The predicted octanol–water partition coefficient (Wildman–Crippen LogP) is 2.32. The minimum absolute atomic E-state index is 0.107. The van der Waals surface area contributed by atoms with Crippen molar-refractivity contribution < 1.29 is 4.79 Å². The molecular formula is C13H28N2O. The summed E-state index contributed by atoms with van der Waals surface area (Å²) in [6.45, 7) is 10.1. The first-order valence-corrected chi connectivity index (χ1v) is 6.55. The van der Waals surface area contributed by atoms with Crippen molar-refractivity contribution in [3.05, 3.63) is 0 Å². The summed E-state index contributed by atoms with van der Waals surface area (Å²) in [7, 11) is 0. The van der Waals surface area contributed by atoms with Crippen LogP contribution in [0.4, 0.5) is 0 Å². The Bertz CT molecular complexity index is 179. The molecule has 0 bridgehead atoms. The maximum atomic E-state index is 11.2. The van der Waals surface area contributed by atoms with E-state index >= 15 is 0 Å². The Labute approximate surface area is 100 Å². The van der Waals surface area contributed by atoms with E-state index in [-0.39, 0.29) is 11.8 Å². The van der Waals surface area contributed by atoms with E-state index in [9.17, 15) is 4.79 Å². The first-order chi connectivity index (χ1) is 7.54. The summed E-state index contributed by atoms with van der Waals surface area (Å²) in [6.07, 6.45) is 4.78. The minimum Gasteiger partial charge on any atom is -0.356 e. The number of hydrogen-bond donors (Lipinski definition) is 2. The van der Waals surface area contributed by atoms with Crippen molar-refractivity contribution in [3.8, 4) is 0 Å². The van der Waals surface area contributed by atoms with Crippen LogP contribution >= 0.6 is 0 Å². The second-order valence-corrected chi connectivity index (χ2v) is 4.97. The first-order valence-electron chi connectivity index (χ1n) is 6.55. The van der Waals surface area contributed by atoms with Crippen molar-refractivity contribution in [2.24, 2.45) is 5.92 Å². The van der Waals surface area contributed by atoms with Crippen molar-refractivity contribution in [2.45, 2.75) is 59.4 Å². The van der Waals surface area contributed by atoms with Crippen molar-refractivity contribution >= 4 is 5.91 Å². The number of unbranched alkanes of at least 4 members (excludes halogenated alkanes) is 3. The minimum atomic E-state index is 0.107. The summed E-state index contributed by atoms with van der Waals surface area (Å²) >= 11 is 0. The molecule has 3 heteroatoms. The van der Waals surface area contributed by atoms with E-state index in [4.69, 9.17) is 0 Å². The molecule has 0 rings (SSSR count). The van der Waals surface area contributed by atoms with Gasteiger partial charge in [0, 0.05) is 18.5 Å². The molecule has 0 aliphatic rings. The van der Waals surface area contributed by atoms with Gasteiger partial charge in [-0.25, -0.2) is 0 Å². The molecular weight excluding hydrogens is 200 g/mol. The second kappa shape index (κ2) is 9.64. The van der Waals surface area contributed by atoms with Gasteiger partial charge in [-0.3, -0.25) is 4.79 Å². The lowest BCUT2D eigenvalue weighted by molar-refractivity contribution is -0.123. The third-order valence-corrected chi connectivity index (χ3v) is 2.48. The summed E-state index contributed by atoms with van der Waals surface area (Å²) in [5.74, 6) is 0.275. The van der Waals surface area contributed by atoms with Crippen LogP contribution in [-0.4, -0.2) is 25.0 Å². The molecule has 0 aromatic heterocycles. The van der Waals surface area contributed by atoms with Crippen LogP contribution in [0.3, 0.4) is 0 Å². The lowest BCUT2D eigenvalue weighted by Gasteiger charge is -2.08. The van der Waals surface area contributed by atoms with Gasteiger partial charge in [0.05, 0.1) is 0 Å². The predicted molar refractivity (Wildman–Crippen MR) is 69.5 cm³/mol. The molecule has 0 spiro atoms. The Hall–Kier alpha value is -0.570. The summed E-state index contributed by atoms with van der Waals surface area (Å²) in [5.41, 5.74) is 0. The fourth-order valence-corrected chi connectivity index (χ4v) is 1.41. The zero-order valence-corrected chi connectivity index (χ0v) is 11.3. The van der Waals surface area contributed by atoms with E-state index in [1.165, 1.54) is 19.3 Å². The van der Waals surface area contributed by atoms with Crippen LogP contribution < -0.4 is 10.6 Å². The van der Waals surface area contributed by atoms with Crippen LogP contribution in [0.25, 0.3) is 0 Å². The van der Waals surface area contributed by atoms with E-state index in [1.807, 2.05) is 13.8 Å². The van der Waals surface area contributed by atoms with Crippen molar-refractivity contribution in [3.63, 3.8) is 0 Å². The van der Waals surface area contributed by atoms with Crippen LogP contribution in [0.1, 0.15) is 53.4 Å². The van der Waals surface area contributed by atoms with Crippen LogP contribution in [0.15, 0.2) is 0 Å². The van der Waals surface area contributed by atoms with Gasteiger partial charge in [0.15, 0.2) is 0 Å². The number of hydrogen-bond acceptors (Lipinski definition) is 2. The van der Waals surface area contributed by atoms with Crippen LogP contribution in [0, 0.1) is 5.92 Å². The average molecular weight is 228 g/mol. The third-order valence-electron chi connectivity index (χ3n) is 2.48. The number of rotatable bonds is 9. The molecule has 0 aliphatic carbocycles. The molecule has 0 aliphatic heterocycles. The number of carbonyl (C=O) groups excluding carboxylic acids is 1. The quantitative estimate of drug-likeness (QED) is 0.595. The molecule has 0 heterocycles. The zero-order chi connectivity index (χ0) is 12.4. The molecule has 96 valence electrons. The lowest BCUT2D eigenvalue weighted by Crippen LogP contribution is -2.28. The fourth-order valence-electron chi connectivity index (χ4n) is 1.41. The SMILES string of the molecule is CC(C)NCCCCCCNC(=O)C(C)C. The molecule has 16 heavy (non-hydrogen) atoms. The van der Waals surface area contributed by atoms with E-state index in [0.29, 0.717) is 6.04 Å². The molecule has 1 amide bonds. The van der Waals surface area contributed by atoms with Gasteiger partial charge in [-0.15, -0.1) is 0 Å². The molecule has 0 fully saturated rings. The highest BCUT2D eigenvalue weighted by molar-refractivity contribution is 5.77. The van der Waals surface area contributed by atoms with Gasteiger partial charge in [-0.05, 0) is 19.4 Å². The van der Waals surface area contributed by atoms with Crippen molar-refractivity contribution in [1.82, 2.24) is 10.6 Å². The normalized spacial score (nSPS) is 11.1. The molecule has 0 saturated carbocycles. The highest BCUT2D eigenvalue weighted by atomic mass is 16.1. The molecule has 0 saturated heterocycles. The largest absolute Gasteiger partial charge is 0.356 e. The van der Waals surface area contributed by atoms with Gasteiger partial charge in [0.1, 0.15) is 0 Å². The highest BCUT2D eigenvalue weighted by Gasteiger charge is 2.04. The summed E-state index contributed by atoms with van der Waals surface area (Å²) in [5, 5.41) is 6.34. The second-order valence-electron chi connectivity index (χ2n) is 4.97. The fraction of sp³-hybridized carbons (Fsp3) is 0.923. The lowest BCUT2D eigenvalue weighted by atomic mass is 10.1. The third kappa shape index (κ3) is 9.97. The zero-order valence-electron chi connectivity index (χ0n) is 11.3. The highest BCUT2D eigenvalue weighted by Crippen LogP contribution is 1.99. The maximum absolute atomic E-state index is 11.2. The number of amides is 1. The Morgan fingerprint density at radius 2 is 1.50 bits per heavy atom. The first kappa shape index (κ1) is 15.4. The molecule has 3 nitrogen and oxygen atoms in total. The molecule has 2 N–H and O–H groups in total. The molecule has 0 atom stereocenters. The van der Waals surface area contributed by atoms with Crippen LogP contribution in [0.2, 0.25) is 0 Å². The van der Waals surface area contributed by atoms with Crippen molar-refractivity contribution in [2.75, 3.05) is 13.1 Å². The van der Waals surface area contributed by atoms with Crippen LogP contribution in [-0.2, 0) is 4.79 Å². The van der Waals surface area contributed by atoms with E-state index < -0.39 is 0 Å². The maximum Gasteiger partial charge on any atom is 0.222 e. The van der Waals surface area contributed by atoms with Gasteiger partial charge in [-0.2, -0.15) is 0 Å². The van der Waals surface area contributed by atoms with Gasteiger partial charge >= 0.3 is 0 Å². The average Bonchev–Trinajstić information content (AvgIpc) is 2.21. The summed E-state index contributed by atoms with van der Waals surface area (Å²) in [4.78, 5) is 11.2.